The summed E-state index contributed by atoms with van der Waals surface area (Å²) in [7, 11) is 6.17. The van der Waals surface area contributed by atoms with Gasteiger partial charge in [-0.25, -0.2) is 0 Å². The molecule has 4 rings (SSSR count). The molecule has 4 aliphatic rings. The van der Waals surface area contributed by atoms with Crippen molar-refractivity contribution in [2.45, 2.75) is 162 Å². The zero-order chi connectivity index (χ0) is 34.5. The van der Waals surface area contributed by atoms with E-state index in [1.165, 1.54) is 77.0 Å². The number of likely N-dealkylation sites (tertiary alicyclic amines) is 1. The molecule has 0 radical (unpaired) electrons. The second-order valence-electron chi connectivity index (χ2n) is 15.1. The summed E-state index contributed by atoms with van der Waals surface area (Å²) in [5.74, 6) is 4.51. The maximum absolute atomic E-state index is 11.1. The number of carbonyl (C=O) groups excluding carboxylic acids is 4. The van der Waals surface area contributed by atoms with Gasteiger partial charge >= 0.3 is 0 Å². The Kier molecular flexibility index (Phi) is 22.8. The molecule has 0 aromatic heterocycles. The lowest BCUT2D eigenvalue weighted by molar-refractivity contribution is -0.122. The van der Waals surface area contributed by atoms with Crippen LogP contribution in [0.15, 0.2) is 0 Å². The molecule has 0 aromatic carbocycles. The monoisotopic (exact) mass is 648 g/mol. The van der Waals surface area contributed by atoms with E-state index in [1.807, 2.05) is 14.1 Å². The summed E-state index contributed by atoms with van der Waals surface area (Å²) in [6.45, 7) is 11.4. The van der Waals surface area contributed by atoms with Crippen LogP contribution in [0.4, 0.5) is 0 Å². The largest absolute Gasteiger partial charge is 0.317 e. The molecule has 1 aliphatic heterocycles. The summed E-state index contributed by atoms with van der Waals surface area (Å²) < 4.78 is 0. The van der Waals surface area contributed by atoms with Crippen LogP contribution in [0.1, 0.15) is 150 Å². The lowest BCUT2D eigenvalue weighted by Crippen LogP contribution is -2.31. The second kappa shape index (κ2) is 24.7. The molecule has 1 heterocycles. The highest BCUT2D eigenvalue weighted by Gasteiger charge is 2.24. The van der Waals surface area contributed by atoms with Gasteiger partial charge in [-0.1, -0.05) is 19.8 Å². The fraction of sp³-hybridized carbons (Fsp3) is 0.897. The molecule has 7 nitrogen and oxygen atoms in total. The number of rotatable bonds is 10. The van der Waals surface area contributed by atoms with Crippen molar-refractivity contribution in [1.29, 1.82) is 0 Å². The van der Waals surface area contributed by atoms with Gasteiger partial charge in [-0.15, -0.1) is 0 Å². The molecule has 0 aromatic rings. The summed E-state index contributed by atoms with van der Waals surface area (Å²) in [6.07, 6.45) is 21.0. The summed E-state index contributed by atoms with van der Waals surface area (Å²) in [6, 6.07) is 1.36. The van der Waals surface area contributed by atoms with Crippen LogP contribution < -0.4 is 10.6 Å². The predicted octanol–water partition coefficient (Wildman–Crippen LogP) is 7.59. The van der Waals surface area contributed by atoms with E-state index in [9.17, 15) is 19.2 Å². The normalized spacial score (nSPS) is 28.6. The van der Waals surface area contributed by atoms with Crippen molar-refractivity contribution in [3.8, 4) is 0 Å². The fourth-order valence-electron chi connectivity index (χ4n) is 7.79. The van der Waals surface area contributed by atoms with Gasteiger partial charge in [0.05, 0.1) is 0 Å². The van der Waals surface area contributed by atoms with Crippen molar-refractivity contribution in [1.82, 2.24) is 15.5 Å². The van der Waals surface area contributed by atoms with Gasteiger partial charge in [0.2, 0.25) is 0 Å². The highest BCUT2D eigenvalue weighted by Crippen LogP contribution is 2.32. The standard InChI is InChI=1S/C11H20O.C10H19NO.2C9H17NO/c1-3-4-10-5-7-11(8-6-10)9(2)12;1-8(12)7-9-3-5-10(11-2)6-4-9;1-8(11)7-9-3-5-10(2)6-4-9;1-7(11)8-3-5-9(10-2)6-4-8/h10-11H,3-8H2,1-2H3;9-11H,3-7H2,1-2H3;9H,3-7H2,1-2H3;8-10H,3-6H2,1-2H3. The van der Waals surface area contributed by atoms with E-state index in [0.29, 0.717) is 58.9 Å². The van der Waals surface area contributed by atoms with Gasteiger partial charge in [-0.2, -0.15) is 0 Å². The molecule has 3 saturated carbocycles. The van der Waals surface area contributed by atoms with E-state index in [0.717, 1.165) is 57.5 Å². The van der Waals surface area contributed by atoms with Gasteiger partial charge < -0.3 is 25.1 Å². The molecule has 0 bridgehead atoms. The molecule has 3 aliphatic carbocycles. The average Bonchev–Trinajstić information content (AvgIpc) is 3.03. The molecule has 2 N–H and O–H groups in total. The molecular weight excluding hydrogens is 574 g/mol. The Morgan fingerprint density at radius 1 is 0.543 bits per heavy atom. The Morgan fingerprint density at radius 3 is 1.24 bits per heavy atom. The van der Waals surface area contributed by atoms with Crippen molar-refractivity contribution in [3.63, 3.8) is 0 Å². The molecule has 7 heteroatoms. The quantitative estimate of drug-likeness (QED) is 0.252. The number of piperidine rings is 1. The number of Topliss-reactive ketones (excluding diaryl/α,β-unsaturated/α-hetero) is 4. The third-order valence-electron chi connectivity index (χ3n) is 11.1. The number of nitrogens with zero attached hydrogens (tertiary/aromatic N) is 1. The van der Waals surface area contributed by atoms with Crippen LogP contribution in [0.2, 0.25) is 0 Å². The number of hydrogen-bond acceptors (Lipinski definition) is 7. The number of nitrogens with one attached hydrogen (secondary N) is 2. The van der Waals surface area contributed by atoms with Gasteiger partial charge in [0, 0.05) is 36.8 Å². The van der Waals surface area contributed by atoms with Crippen molar-refractivity contribution >= 4 is 23.1 Å². The van der Waals surface area contributed by atoms with Crippen molar-refractivity contribution in [3.05, 3.63) is 0 Å². The van der Waals surface area contributed by atoms with Crippen LogP contribution in [0.25, 0.3) is 0 Å². The third kappa shape index (κ3) is 19.4. The second-order valence-corrected chi connectivity index (χ2v) is 15.1. The van der Waals surface area contributed by atoms with Crippen molar-refractivity contribution in [2.75, 3.05) is 34.2 Å². The van der Waals surface area contributed by atoms with E-state index in [2.05, 4.69) is 29.5 Å². The highest BCUT2D eigenvalue weighted by atomic mass is 16.1. The molecular formula is C39H73N3O4. The zero-order valence-electron chi connectivity index (χ0n) is 31.3. The Labute approximate surface area is 283 Å². The lowest BCUT2D eigenvalue weighted by atomic mass is 9.79. The first kappa shape index (κ1) is 42.6. The van der Waals surface area contributed by atoms with Crippen LogP contribution in [0.5, 0.6) is 0 Å². The van der Waals surface area contributed by atoms with Gasteiger partial charge in [-0.3, -0.25) is 9.59 Å². The van der Waals surface area contributed by atoms with Crippen molar-refractivity contribution < 1.29 is 19.2 Å². The van der Waals surface area contributed by atoms with E-state index in [1.54, 1.807) is 27.7 Å². The van der Waals surface area contributed by atoms with Crippen LogP contribution in [-0.4, -0.2) is 74.3 Å². The average molecular weight is 648 g/mol. The summed E-state index contributed by atoms with van der Waals surface area (Å²) in [5.41, 5.74) is 0. The molecule has 0 amide bonds. The summed E-state index contributed by atoms with van der Waals surface area (Å²) in [5, 5.41) is 6.54. The molecule has 268 valence electrons. The molecule has 1 saturated heterocycles. The van der Waals surface area contributed by atoms with Gasteiger partial charge in [0.25, 0.3) is 0 Å². The van der Waals surface area contributed by atoms with E-state index < -0.39 is 0 Å². The molecule has 4 fully saturated rings. The van der Waals surface area contributed by atoms with Crippen LogP contribution in [0, 0.1) is 29.6 Å². The Morgan fingerprint density at radius 2 is 0.891 bits per heavy atom. The SMILES string of the molecule is CC(=O)CC1CCN(C)CC1.CCCC1CCC(C(C)=O)CC1.CNC1CCC(C(C)=O)CC1.CNC1CCC(CC(C)=O)CC1. The maximum Gasteiger partial charge on any atom is 0.132 e. The minimum Gasteiger partial charge on any atom is -0.317 e. The first-order valence-electron chi connectivity index (χ1n) is 18.9. The minimum atomic E-state index is 0.347. The lowest BCUT2D eigenvalue weighted by Gasteiger charge is -2.28. The predicted molar refractivity (Wildman–Crippen MR) is 192 cm³/mol. The number of carbonyl (C=O) groups is 4. The molecule has 0 atom stereocenters. The first-order valence-corrected chi connectivity index (χ1v) is 18.9. The third-order valence-corrected chi connectivity index (χ3v) is 11.1. The van der Waals surface area contributed by atoms with Gasteiger partial charge in [0.15, 0.2) is 0 Å². The zero-order valence-corrected chi connectivity index (χ0v) is 31.3. The molecule has 46 heavy (non-hydrogen) atoms. The Hall–Kier alpha value is -1.44. The molecule has 0 spiro atoms. The van der Waals surface area contributed by atoms with Crippen LogP contribution in [0.3, 0.4) is 0 Å². The minimum absolute atomic E-state index is 0.347. The topological polar surface area (TPSA) is 95.6 Å². The maximum atomic E-state index is 11.1. The van der Waals surface area contributed by atoms with Crippen LogP contribution >= 0.6 is 0 Å². The highest BCUT2D eigenvalue weighted by molar-refractivity contribution is 5.78. The number of ketones is 4. The fourth-order valence-corrected chi connectivity index (χ4v) is 7.79. The smallest absolute Gasteiger partial charge is 0.132 e. The number of hydrogen-bond donors (Lipinski definition) is 2. The summed E-state index contributed by atoms with van der Waals surface area (Å²) >= 11 is 0. The van der Waals surface area contributed by atoms with Gasteiger partial charge in [0.1, 0.15) is 23.1 Å². The Bertz CT molecular complexity index is 845. The van der Waals surface area contributed by atoms with Gasteiger partial charge in [-0.05, 0) is 170 Å². The Balaban J connectivity index is 0.000000307. The first-order chi connectivity index (χ1) is 21.9. The van der Waals surface area contributed by atoms with Crippen LogP contribution in [-0.2, 0) is 19.2 Å². The molecule has 0 unspecified atom stereocenters. The van der Waals surface area contributed by atoms with E-state index >= 15 is 0 Å². The summed E-state index contributed by atoms with van der Waals surface area (Å²) in [4.78, 5) is 46.0. The van der Waals surface area contributed by atoms with E-state index in [-0.39, 0.29) is 0 Å². The van der Waals surface area contributed by atoms with E-state index in [4.69, 9.17) is 0 Å². The van der Waals surface area contributed by atoms with Crippen molar-refractivity contribution in [2.24, 2.45) is 29.6 Å².